The summed E-state index contributed by atoms with van der Waals surface area (Å²) in [6.07, 6.45) is -0.741. The predicted octanol–water partition coefficient (Wildman–Crippen LogP) is -4.99. The molecule has 0 unspecified atom stereocenters. The van der Waals surface area contributed by atoms with E-state index in [0.717, 1.165) is 0 Å². The molecule has 15 heavy (non-hydrogen) atoms. The zero-order valence-electron chi connectivity index (χ0n) is 8.65. The van der Waals surface area contributed by atoms with Crippen LogP contribution in [0.25, 0.3) is 0 Å². The molecule has 1 aliphatic heterocycles. The molecule has 0 aromatic rings. The van der Waals surface area contributed by atoms with Crippen LogP contribution in [0.3, 0.4) is 0 Å². The van der Waals surface area contributed by atoms with Crippen LogP contribution in [0.15, 0.2) is 0 Å². The number of carbonyl (C=O) groups excluding carboxylic acids is 2. The van der Waals surface area contributed by atoms with Crippen molar-refractivity contribution in [2.45, 2.75) is 19.1 Å². The van der Waals surface area contributed by atoms with Crippen molar-refractivity contribution in [1.29, 1.82) is 0 Å². The van der Waals surface area contributed by atoms with Crippen molar-refractivity contribution in [3.8, 4) is 0 Å². The SMILES string of the molecule is O=C([O-])CCC(=O)NCC1OCCO1.[Na+]. The maximum atomic E-state index is 11.0. The topological polar surface area (TPSA) is 87.7 Å². The quantitative estimate of drug-likeness (QED) is 0.473. The molecule has 1 aliphatic rings. The molecule has 80 valence electrons. The number of hydrogen-bond donors (Lipinski definition) is 1. The minimum Gasteiger partial charge on any atom is -0.550 e. The van der Waals surface area contributed by atoms with Crippen LogP contribution in [-0.4, -0.2) is 37.9 Å². The molecule has 0 saturated carbocycles. The molecular weight excluding hydrogens is 213 g/mol. The van der Waals surface area contributed by atoms with E-state index in [1.54, 1.807) is 0 Å². The van der Waals surface area contributed by atoms with Crippen LogP contribution in [0.5, 0.6) is 0 Å². The van der Waals surface area contributed by atoms with Crippen molar-refractivity contribution >= 4 is 11.9 Å². The van der Waals surface area contributed by atoms with Crippen LogP contribution >= 0.6 is 0 Å². The van der Waals surface area contributed by atoms with Crippen LogP contribution in [-0.2, 0) is 19.1 Å². The van der Waals surface area contributed by atoms with Gasteiger partial charge in [0.25, 0.3) is 0 Å². The van der Waals surface area contributed by atoms with Crippen LogP contribution in [0, 0.1) is 0 Å². The predicted molar refractivity (Wildman–Crippen MR) is 42.9 cm³/mol. The summed E-state index contributed by atoms with van der Waals surface area (Å²) < 4.78 is 10.1. The molecule has 0 aromatic carbocycles. The Labute approximate surface area is 110 Å². The molecule has 0 atom stereocenters. The van der Waals surface area contributed by atoms with Gasteiger partial charge in [0, 0.05) is 12.4 Å². The van der Waals surface area contributed by atoms with E-state index in [-0.39, 0.29) is 54.9 Å². The third kappa shape index (κ3) is 6.86. The molecule has 1 fully saturated rings. The monoisotopic (exact) mass is 225 g/mol. The third-order valence-electron chi connectivity index (χ3n) is 1.71. The molecule has 1 amide bonds. The molecule has 1 rings (SSSR count). The van der Waals surface area contributed by atoms with Crippen molar-refractivity contribution in [2.75, 3.05) is 19.8 Å². The second-order valence-electron chi connectivity index (χ2n) is 2.85. The molecule has 0 aromatic heterocycles. The Morgan fingerprint density at radius 1 is 1.27 bits per heavy atom. The second kappa shape index (κ2) is 8.06. The van der Waals surface area contributed by atoms with Gasteiger partial charge in [-0.25, -0.2) is 0 Å². The van der Waals surface area contributed by atoms with E-state index in [4.69, 9.17) is 9.47 Å². The fourth-order valence-corrected chi connectivity index (χ4v) is 1.03. The first-order chi connectivity index (χ1) is 6.68. The fraction of sp³-hybridized carbons (Fsp3) is 0.750. The van der Waals surface area contributed by atoms with E-state index in [1.807, 2.05) is 0 Å². The van der Waals surface area contributed by atoms with Gasteiger partial charge in [0.05, 0.1) is 19.8 Å². The number of rotatable bonds is 5. The van der Waals surface area contributed by atoms with Crippen molar-refractivity contribution in [3.05, 3.63) is 0 Å². The van der Waals surface area contributed by atoms with Crippen molar-refractivity contribution < 1.29 is 53.7 Å². The summed E-state index contributed by atoms with van der Waals surface area (Å²) in [6.45, 7) is 1.31. The Morgan fingerprint density at radius 3 is 2.40 bits per heavy atom. The van der Waals surface area contributed by atoms with Gasteiger partial charge in [-0.05, 0) is 6.42 Å². The first-order valence-electron chi connectivity index (χ1n) is 4.38. The van der Waals surface area contributed by atoms with Crippen LogP contribution in [0.1, 0.15) is 12.8 Å². The van der Waals surface area contributed by atoms with Gasteiger partial charge in [0.1, 0.15) is 0 Å². The summed E-state index contributed by atoms with van der Waals surface area (Å²) in [5.41, 5.74) is 0. The van der Waals surface area contributed by atoms with Gasteiger partial charge < -0.3 is 24.7 Å². The number of nitrogens with one attached hydrogen (secondary N) is 1. The Kier molecular flexibility index (Phi) is 7.99. The van der Waals surface area contributed by atoms with E-state index in [2.05, 4.69) is 5.32 Å². The van der Waals surface area contributed by atoms with E-state index >= 15 is 0 Å². The summed E-state index contributed by atoms with van der Waals surface area (Å²) in [4.78, 5) is 21.0. The van der Waals surface area contributed by atoms with Gasteiger partial charge in [-0.2, -0.15) is 0 Å². The number of aliphatic carboxylic acids is 1. The Morgan fingerprint density at radius 2 is 1.87 bits per heavy atom. The Balaban J connectivity index is 0.00000196. The van der Waals surface area contributed by atoms with Crippen molar-refractivity contribution in [1.82, 2.24) is 5.32 Å². The van der Waals surface area contributed by atoms with E-state index in [9.17, 15) is 14.7 Å². The zero-order chi connectivity index (χ0) is 10.4. The number of hydrogen-bond acceptors (Lipinski definition) is 5. The van der Waals surface area contributed by atoms with Crippen LogP contribution in [0.2, 0.25) is 0 Å². The first kappa shape index (κ1) is 14.9. The summed E-state index contributed by atoms with van der Waals surface area (Å²) in [6, 6.07) is 0. The average Bonchev–Trinajstić information content (AvgIpc) is 2.63. The van der Waals surface area contributed by atoms with E-state index in [0.29, 0.717) is 13.2 Å². The maximum Gasteiger partial charge on any atom is 1.00 e. The Bertz CT molecular complexity index is 217. The molecule has 6 nitrogen and oxygen atoms in total. The standard InChI is InChI=1S/C8H13NO5.Na/c10-6(1-2-7(11)12)9-5-8-13-3-4-14-8;/h8H,1-5H2,(H,9,10)(H,11,12);/q;+1/p-1. The van der Waals surface area contributed by atoms with Gasteiger partial charge in [0.2, 0.25) is 5.91 Å². The number of carboxylic acid groups (broad SMARTS) is 1. The number of ether oxygens (including phenoxy) is 2. The summed E-state index contributed by atoms with van der Waals surface area (Å²) in [7, 11) is 0. The van der Waals surface area contributed by atoms with Gasteiger partial charge in [-0.15, -0.1) is 0 Å². The molecule has 0 aliphatic carbocycles. The molecule has 1 saturated heterocycles. The minimum absolute atomic E-state index is 0. The zero-order valence-corrected chi connectivity index (χ0v) is 10.7. The average molecular weight is 225 g/mol. The van der Waals surface area contributed by atoms with Gasteiger partial charge in [-0.1, -0.05) is 0 Å². The van der Waals surface area contributed by atoms with Gasteiger partial charge in [0.15, 0.2) is 6.29 Å². The summed E-state index contributed by atoms with van der Waals surface area (Å²) in [5, 5.41) is 12.5. The maximum absolute atomic E-state index is 11.0. The molecular formula is C8H12NNaO5. The smallest absolute Gasteiger partial charge is 0.550 e. The molecule has 0 spiro atoms. The van der Waals surface area contributed by atoms with Crippen LogP contribution in [0.4, 0.5) is 0 Å². The number of carboxylic acids is 1. The molecule has 0 bridgehead atoms. The van der Waals surface area contributed by atoms with E-state index < -0.39 is 12.3 Å². The molecule has 7 heteroatoms. The summed E-state index contributed by atoms with van der Waals surface area (Å²) >= 11 is 0. The molecule has 1 N–H and O–H groups in total. The molecule has 1 heterocycles. The second-order valence-corrected chi connectivity index (χ2v) is 2.85. The first-order valence-corrected chi connectivity index (χ1v) is 4.38. The van der Waals surface area contributed by atoms with Crippen LogP contribution < -0.4 is 40.0 Å². The molecule has 0 radical (unpaired) electrons. The van der Waals surface area contributed by atoms with E-state index in [1.165, 1.54) is 0 Å². The number of amides is 1. The summed E-state index contributed by atoms with van der Waals surface area (Å²) in [5.74, 6) is -1.57. The Hall–Kier alpha value is -0.140. The minimum atomic E-state index is -1.23. The third-order valence-corrected chi connectivity index (χ3v) is 1.71. The normalized spacial score (nSPS) is 15.7. The van der Waals surface area contributed by atoms with Gasteiger partial charge >= 0.3 is 29.6 Å². The van der Waals surface area contributed by atoms with Crippen molar-refractivity contribution in [3.63, 3.8) is 0 Å². The largest absolute Gasteiger partial charge is 1.00 e. The van der Waals surface area contributed by atoms with Crippen molar-refractivity contribution in [2.24, 2.45) is 0 Å². The van der Waals surface area contributed by atoms with Gasteiger partial charge in [-0.3, -0.25) is 4.79 Å². The fourth-order valence-electron chi connectivity index (χ4n) is 1.03. The number of carbonyl (C=O) groups is 2.